The van der Waals surface area contributed by atoms with Crippen LogP contribution in [0.15, 0.2) is 53.4 Å². The molecule has 0 bridgehead atoms. The maximum Gasteiger partial charge on any atom is 0.251 e. The highest BCUT2D eigenvalue weighted by Crippen LogP contribution is 2.29. The zero-order chi connectivity index (χ0) is 19.2. The van der Waals surface area contributed by atoms with Gasteiger partial charge in [-0.15, -0.1) is 11.3 Å². The van der Waals surface area contributed by atoms with Crippen molar-refractivity contribution >= 4 is 28.8 Å². The molecule has 1 heterocycles. The third kappa shape index (κ3) is 4.99. The first kappa shape index (κ1) is 19.2. The van der Waals surface area contributed by atoms with E-state index in [4.69, 9.17) is 21.1 Å². The van der Waals surface area contributed by atoms with Gasteiger partial charge in [-0.3, -0.25) is 4.79 Å². The number of ether oxygens (including phenoxy) is 2. The van der Waals surface area contributed by atoms with Crippen molar-refractivity contribution in [1.82, 2.24) is 10.3 Å². The normalized spacial score (nSPS) is 11.7. The smallest absolute Gasteiger partial charge is 0.251 e. The van der Waals surface area contributed by atoms with Gasteiger partial charge in [-0.2, -0.15) is 0 Å². The van der Waals surface area contributed by atoms with Gasteiger partial charge in [0.15, 0.2) is 11.5 Å². The lowest BCUT2D eigenvalue weighted by Crippen LogP contribution is -2.26. The Hall–Kier alpha value is -2.57. The maximum absolute atomic E-state index is 12.6. The third-order valence-electron chi connectivity index (χ3n) is 4.00. The number of carbonyl (C=O) groups is 1. The number of hydrogen-bond donors (Lipinski definition) is 1. The van der Waals surface area contributed by atoms with E-state index in [0.717, 1.165) is 11.3 Å². The summed E-state index contributed by atoms with van der Waals surface area (Å²) in [5.41, 5.74) is 4.07. The van der Waals surface area contributed by atoms with E-state index in [9.17, 15) is 4.79 Å². The molecule has 3 rings (SSSR count). The van der Waals surface area contributed by atoms with Crippen molar-refractivity contribution in [3.05, 3.63) is 75.2 Å². The second-order valence-electron chi connectivity index (χ2n) is 5.88. The first-order chi connectivity index (χ1) is 13.1. The molecule has 0 aliphatic rings. The molecule has 1 amide bonds. The minimum Gasteiger partial charge on any atom is -0.493 e. The Morgan fingerprint density at radius 3 is 2.67 bits per heavy atom. The number of halogens is 1. The largest absolute Gasteiger partial charge is 0.493 e. The first-order valence-electron chi connectivity index (χ1n) is 8.31. The fourth-order valence-corrected chi connectivity index (χ4v) is 3.17. The second-order valence-corrected chi connectivity index (χ2v) is 7.04. The zero-order valence-electron chi connectivity index (χ0n) is 14.9. The molecule has 0 aliphatic heterocycles. The molecule has 0 aliphatic carbocycles. The van der Waals surface area contributed by atoms with E-state index in [1.54, 1.807) is 43.0 Å². The number of nitrogens with zero attached hydrogens (tertiary/aromatic N) is 1. The average Bonchev–Trinajstić information content (AvgIpc) is 3.20. The summed E-state index contributed by atoms with van der Waals surface area (Å²) < 4.78 is 11.1. The van der Waals surface area contributed by atoms with Gasteiger partial charge >= 0.3 is 0 Å². The summed E-state index contributed by atoms with van der Waals surface area (Å²) in [6.07, 6.45) is 0. The molecule has 0 unspecified atom stereocenters. The average molecular weight is 403 g/mol. The van der Waals surface area contributed by atoms with Crippen molar-refractivity contribution in [2.75, 3.05) is 7.11 Å². The van der Waals surface area contributed by atoms with Crippen molar-refractivity contribution in [2.45, 2.75) is 19.6 Å². The molecule has 0 saturated heterocycles. The molecular weight excluding hydrogens is 384 g/mol. The summed E-state index contributed by atoms with van der Waals surface area (Å²) in [5.74, 6) is 0.867. The molecule has 2 aromatic carbocycles. The lowest BCUT2D eigenvalue weighted by molar-refractivity contribution is 0.0939. The molecule has 0 saturated carbocycles. The third-order valence-corrected chi connectivity index (χ3v) is 4.89. The van der Waals surface area contributed by atoms with Crippen LogP contribution in [0.4, 0.5) is 0 Å². The Kier molecular flexibility index (Phi) is 6.32. The fraction of sp³-hybridized carbons (Fsp3) is 0.200. The van der Waals surface area contributed by atoms with Crippen molar-refractivity contribution < 1.29 is 14.3 Å². The van der Waals surface area contributed by atoms with Crippen LogP contribution in [0.25, 0.3) is 0 Å². The highest BCUT2D eigenvalue weighted by atomic mass is 35.5. The molecule has 0 spiro atoms. The van der Waals surface area contributed by atoms with Gasteiger partial charge in [0.1, 0.15) is 6.61 Å². The van der Waals surface area contributed by atoms with E-state index in [-0.39, 0.29) is 11.9 Å². The Morgan fingerprint density at radius 2 is 2.00 bits per heavy atom. The minimum atomic E-state index is -0.193. The van der Waals surface area contributed by atoms with Gasteiger partial charge in [0.2, 0.25) is 0 Å². The van der Waals surface area contributed by atoms with Gasteiger partial charge in [-0.25, -0.2) is 4.98 Å². The first-order valence-corrected chi connectivity index (χ1v) is 9.63. The van der Waals surface area contributed by atoms with E-state index >= 15 is 0 Å². The molecule has 3 aromatic rings. The van der Waals surface area contributed by atoms with Crippen LogP contribution < -0.4 is 14.8 Å². The Balaban J connectivity index is 1.68. The van der Waals surface area contributed by atoms with E-state index < -0.39 is 0 Å². The molecule has 27 heavy (non-hydrogen) atoms. The van der Waals surface area contributed by atoms with Gasteiger partial charge in [0.05, 0.1) is 24.4 Å². The number of benzene rings is 2. The van der Waals surface area contributed by atoms with Crippen LogP contribution in [0, 0.1) is 0 Å². The molecule has 1 N–H and O–H groups in total. The highest BCUT2D eigenvalue weighted by Gasteiger charge is 2.14. The molecule has 0 fully saturated rings. The number of amides is 1. The van der Waals surface area contributed by atoms with Crippen LogP contribution in [0.1, 0.15) is 34.6 Å². The van der Waals surface area contributed by atoms with Crippen molar-refractivity contribution in [3.8, 4) is 11.5 Å². The maximum atomic E-state index is 12.6. The van der Waals surface area contributed by atoms with E-state index in [2.05, 4.69) is 10.3 Å². The van der Waals surface area contributed by atoms with Crippen LogP contribution in [-0.2, 0) is 6.61 Å². The quantitative estimate of drug-likeness (QED) is 0.612. The Bertz CT molecular complexity index is 898. The molecule has 5 nitrogen and oxygen atoms in total. The molecule has 1 aromatic heterocycles. The van der Waals surface area contributed by atoms with Crippen molar-refractivity contribution in [2.24, 2.45) is 0 Å². The van der Waals surface area contributed by atoms with Crippen LogP contribution >= 0.6 is 22.9 Å². The van der Waals surface area contributed by atoms with E-state index in [0.29, 0.717) is 28.7 Å². The van der Waals surface area contributed by atoms with Crippen LogP contribution in [0.3, 0.4) is 0 Å². The minimum absolute atomic E-state index is 0.152. The van der Waals surface area contributed by atoms with Gasteiger partial charge in [-0.1, -0.05) is 23.7 Å². The molecule has 140 valence electrons. The number of thiazole rings is 1. The summed E-state index contributed by atoms with van der Waals surface area (Å²) in [7, 11) is 1.54. The number of rotatable bonds is 7. The highest BCUT2D eigenvalue weighted by molar-refractivity contribution is 7.07. The van der Waals surface area contributed by atoms with Crippen LogP contribution in [0.5, 0.6) is 11.5 Å². The summed E-state index contributed by atoms with van der Waals surface area (Å²) in [6, 6.07) is 12.3. The summed E-state index contributed by atoms with van der Waals surface area (Å²) in [4.78, 5) is 16.8. The number of hydrogen-bond acceptors (Lipinski definition) is 5. The van der Waals surface area contributed by atoms with E-state index in [1.807, 2.05) is 24.4 Å². The topological polar surface area (TPSA) is 60.5 Å². The van der Waals surface area contributed by atoms with Crippen molar-refractivity contribution in [1.29, 1.82) is 0 Å². The number of methoxy groups -OCH3 is 1. The second kappa shape index (κ2) is 8.88. The summed E-state index contributed by atoms with van der Waals surface area (Å²) in [6.45, 7) is 2.27. The molecule has 0 radical (unpaired) electrons. The zero-order valence-corrected chi connectivity index (χ0v) is 16.5. The fourth-order valence-electron chi connectivity index (χ4n) is 2.50. The lowest BCUT2D eigenvalue weighted by Gasteiger charge is -2.16. The standard InChI is InChI=1S/C20H19ClN2O3S/c1-13(14-3-6-16(21)7-4-14)23-20(24)15-5-8-18(19(9-15)25-2)26-10-17-11-27-12-22-17/h3-9,11-13H,10H2,1-2H3,(H,23,24)/t13-/m0/s1. The monoisotopic (exact) mass is 402 g/mol. The number of carbonyl (C=O) groups excluding carboxylic acids is 1. The van der Waals surface area contributed by atoms with E-state index in [1.165, 1.54) is 11.3 Å². The summed E-state index contributed by atoms with van der Waals surface area (Å²) in [5, 5.41) is 5.56. The van der Waals surface area contributed by atoms with Crippen LogP contribution in [-0.4, -0.2) is 18.0 Å². The van der Waals surface area contributed by atoms with Gasteiger partial charge in [0.25, 0.3) is 5.91 Å². The SMILES string of the molecule is COc1cc(C(=O)N[C@@H](C)c2ccc(Cl)cc2)ccc1OCc1cscn1. The lowest BCUT2D eigenvalue weighted by atomic mass is 10.1. The van der Waals surface area contributed by atoms with Crippen molar-refractivity contribution in [3.63, 3.8) is 0 Å². The molecule has 1 atom stereocenters. The summed E-state index contributed by atoms with van der Waals surface area (Å²) >= 11 is 7.42. The van der Waals surface area contributed by atoms with Crippen LogP contribution in [0.2, 0.25) is 5.02 Å². The van der Waals surface area contributed by atoms with Gasteiger partial charge < -0.3 is 14.8 Å². The predicted octanol–water partition coefficient (Wildman–Crippen LogP) is 4.88. The molecular formula is C20H19ClN2O3S. The Morgan fingerprint density at radius 1 is 1.22 bits per heavy atom. The number of aromatic nitrogens is 1. The van der Waals surface area contributed by atoms with Gasteiger partial charge in [0, 0.05) is 16.0 Å². The number of nitrogens with one attached hydrogen (secondary N) is 1. The molecule has 7 heteroatoms. The predicted molar refractivity (Wildman–Crippen MR) is 107 cm³/mol. The van der Waals surface area contributed by atoms with Gasteiger partial charge in [-0.05, 0) is 42.8 Å². The Labute approximate surface area is 166 Å².